The Balaban J connectivity index is 1.43. The van der Waals surface area contributed by atoms with Gasteiger partial charge in [-0.25, -0.2) is 4.98 Å². The minimum atomic E-state index is -4.61. The molecule has 5 nitrogen and oxygen atoms in total. The molecule has 2 aromatic heterocycles. The van der Waals surface area contributed by atoms with Gasteiger partial charge in [-0.1, -0.05) is 18.5 Å². The average molecular weight is 433 g/mol. The number of carbonyl (C=O) groups is 1. The van der Waals surface area contributed by atoms with Gasteiger partial charge in [0.1, 0.15) is 0 Å². The summed E-state index contributed by atoms with van der Waals surface area (Å²) < 4.78 is 40.6. The number of carbonyl (C=O) groups excluding carboxylic acids is 1. The second-order valence-corrected chi connectivity index (χ2v) is 9.04. The van der Waals surface area contributed by atoms with Crippen LogP contribution in [0.15, 0.2) is 0 Å². The Bertz CT molecular complexity index is 904. The minimum absolute atomic E-state index is 0.00756. The largest absolute Gasteiger partial charge is 0.436 e. The summed E-state index contributed by atoms with van der Waals surface area (Å²) in [6.07, 6.45) is -0.0358. The molecule has 2 aliphatic rings. The number of aryl methyl sites for hydroxylation is 2. The monoisotopic (exact) mass is 432 g/mol. The Labute approximate surface area is 169 Å². The third-order valence-electron chi connectivity index (χ3n) is 5.15. The Morgan fingerprint density at radius 2 is 2.11 bits per heavy atom. The lowest BCUT2D eigenvalue weighted by Gasteiger charge is -2.15. The highest BCUT2D eigenvalue weighted by Gasteiger charge is 2.42. The molecule has 1 amide bonds. The van der Waals surface area contributed by atoms with Gasteiger partial charge in [-0.15, -0.1) is 11.3 Å². The van der Waals surface area contributed by atoms with E-state index in [0.29, 0.717) is 16.7 Å². The van der Waals surface area contributed by atoms with Crippen LogP contribution in [-0.4, -0.2) is 20.7 Å². The van der Waals surface area contributed by atoms with E-state index in [-0.39, 0.29) is 29.8 Å². The van der Waals surface area contributed by atoms with Crippen LogP contribution in [0.2, 0.25) is 5.02 Å². The van der Waals surface area contributed by atoms with Crippen LogP contribution < -0.4 is 5.32 Å². The lowest BCUT2D eigenvalue weighted by molar-refractivity contribution is -0.141. The van der Waals surface area contributed by atoms with Crippen molar-refractivity contribution in [2.24, 2.45) is 5.92 Å². The lowest BCUT2D eigenvalue weighted by Crippen LogP contribution is -2.16. The van der Waals surface area contributed by atoms with Crippen molar-refractivity contribution >= 4 is 34.0 Å². The Kier molecular flexibility index (Phi) is 5.16. The number of thiazole rings is 1. The van der Waals surface area contributed by atoms with E-state index in [1.165, 1.54) is 20.9 Å². The fourth-order valence-electron chi connectivity index (χ4n) is 3.53. The van der Waals surface area contributed by atoms with Gasteiger partial charge in [0.2, 0.25) is 5.91 Å². The summed E-state index contributed by atoms with van der Waals surface area (Å²) in [4.78, 5) is 18.0. The summed E-state index contributed by atoms with van der Waals surface area (Å²) in [7, 11) is 0. The van der Waals surface area contributed by atoms with Gasteiger partial charge in [0, 0.05) is 17.2 Å². The predicted octanol–water partition coefficient (Wildman–Crippen LogP) is 5.04. The third-order valence-corrected chi connectivity index (χ3v) is 6.56. The van der Waals surface area contributed by atoms with Crippen molar-refractivity contribution in [3.8, 4) is 0 Å². The first-order valence-corrected chi connectivity index (χ1v) is 10.5. The molecule has 1 atom stereocenters. The van der Waals surface area contributed by atoms with Crippen molar-refractivity contribution in [1.82, 2.24) is 14.8 Å². The van der Waals surface area contributed by atoms with Crippen LogP contribution in [0.5, 0.6) is 0 Å². The molecule has 0 radical (unpaired) electrons. The lowest BCUT2D eigenvalue weighted by atomic mass is 9.93. The van der Waals surface area contributed by atoms with E-state index in [9.17, 15) is 18.0 Å². The summed E-state index contributed by atoms with van der Waals surface area (Å²) in [5.74, 6) is 0.317. The quantitative estimate of drug-likeness (QED) is 0.719. The van der Waals surface area contributed by atoms with Gasteiger partial charge in [0.05, 0.1) is 23.0 Å². The van der Waals surface area contributed by atoms with E-state index in [2.05, 4.69) is 22.3 Å². The third kappa shape index (κ3) is 4.05. The zero-order chi connectivity index (χ0) is 20.1. The number of fused-ring (bicyclic) bond motifs is 1. The first-order chi connectivity index (χ1) is 13.2. The van der Waals surface area contributed by atoms with E-state index >= 15 is 0 Å². The number of rotatable bonds is 5. The SMILES string of the molecule is CC1CCc2nc(NC(=O)CCn3nc(C(F)(F)F)c(Cl)c3C3CC3)sc2C1. The Morgan fingerprint density at radius 3 is 2.79 bits per heavy atom. The van der Waals surface area contributed by atoms with Crippen molar-refractivity contribution in [2.75, 3.05) is 5.32 Å². The maximum atomic E-state index is 13.1. The molecule has 0 spiro atoms. The molecule has 0 saturated heterocycles. The van der Waals surface area contributed by atoms with Crippen molar-refractivity contribution in [2.45, 2.75) is 64.1 Å². The molecule has 2 aromatic rings. The van der Waals surface area contributed by atoms with Crippen LogP contribution in [0.25, 0.3) is 0 Å². The summed E-state index contributed by atoms with van der Waals surface area (Å²) in [5.41, 5.74) is 0.363. The van der Waals surface area contributed by atoms with Crippen LogP contribution in [0, 0.1) is 5.92 Å². The van der Waals surface area contributed by atoms with Crippen LogP contribution in [0.3, 0.4) is 0 Å². The summed E-state index contributed by atoms with van der Waals surface area (Å²) in [5, 5.41) is 6.64. The first kappa shape index (κ1) is 19.7. The molecule has 10 heteroatoms. The predicted molar refractivity (Wildman–Crippen MR) is 101 cm³/mol. The van der Waals surface area contributed by atoms with Gasteiger partial charge in [-0.3, -0.25) is 9.48 Å². The van der Waals surface area contributed by atoms with Crippen molar-refractivity contribution < 1.29 is 18.0 Å². The highest BCUT2D eigenvalue weighted by Crippen LogP contribution is 2.47. The molecule has 0 bridgehead atoms. The second-order valence-electron chi connectivity index (χ2n) is 7.58. The summed E-state index contributed by atoms with van der Waals surface area (Å²) in [6.45, 7) is 2.25. The van der Waals surface area contributed by atoms with Crippen LogP contribution in [0.4, 0.5) is 18.3 Å². The number of nitrogens with one attached hydrogen (secondary N) is 1. The molecule has 0 aliphatic heterocycles. The van der Waals surface area contributed by atoms with Gasteiger partial charge in [0.25, 0.3) is 0 Å². The number of nitrogens with zero attached hydrogens (tertiary/aromatic N) is 3. The molecule has 2 heterocycles. The van der Waals surface area contributed by atoms with Crippen molar-refractivity contribution in [3.05, 3.63) is 27.0 Å². The molecule has 152 valence electrons. The maximum Gasteiger partial charge on any atom is 0.436 e. The maximum absolute atomic E-state index is 13.1. The van der Waals surface area contributed by atoms with E-state index in [0.717, 1.165) is 37.8 Å². The Hall–Kier alpha value is -1.61. The van der Waals surface area contributed by atoms with Crippen LogP contribution >= 0.6 is 22.9 Å². The summed E-state index contributed by atoms with van der Waals surface area (Å²) in [6, 6.07) is 0. The summed E-state index contributed by atoms with van der Waals surface area (Å²) >= 11 is 7.43. The van der Waals surface area contributed by atoms with E-state index < -0.39 is 11.9 Å². The van der Waals surface area contributed by atoms with Crippen molar-refractivity contribution in [1.29, 1.82) is 0 Å². The van der Waals surface area contributed by atoms with Crippen LogP contribution in [-0.2, 0) is 30.4 Å². The number of anilines is 1. The number of hydrogen-bond acceptors (Lipinski definition) is 4. The number of halogens is 4. The topological polar surface area (TPSA) is 59.8 Å². The highest BCUT2D eigenvalue weighted by molar-refractivity contribution is 7.15. The number of aromatic nitrogens is 3. The van der Waals surface area contributed by atoms with E-state index in [4.69, 9.17) is 11.6 Å². The molecule has 2 aliphatic carbocycles. The first-order valence-electron chi connectivity index (χ1n) is 9.34. The van der Waals surface area contributed by atoms with Crippen LogP contribution in [0.1, 0.15) is 60.5 Å². The molecule has 1 saturated carbocycles. The molecule has 4 rings (SSSR count). The molecular formula is C18H20ClF3N4OS. The average Bonchev–Trinajstić information content (AvgIpc) is 3.26. The zero-order valence-corrected chi connectivity index (χ0v) is 16.8. The number of alkyl halides is 3. The normalized spacial score (nSPS) is 19.5. The van der Waals surface area contributed by atoms with Gasteiger partial charge < -0.3 is 5.32 Å². The number of hydrogen-bond donors (Lipinski definition) is 1. The number of amides is 1. The Morgan fingerprint density at radius 1 is 1.36 bits per heavy atom. The molecular weight excluding hydrogens is 413 g/mol. The van der Waals surface area contributed by atoms with Gasteiger partial charge in [0.15, 0.2) is 10.8 Å². The van der Waals surface area contributed by atoms with Gasteiger partial charge >= 0.3 is 6.18 Å². The zero-order valence-electron chi connectivity index (χ0n) is 15.3. The van der Waals surface area contributed by atoms with Crippen molar-refractivity contribution in [3.63, 3.8) is 0 Å². The van der Waals surface area contributed by atoms with Gasteiger partial charge in [-0.2, -0.15) is 18.3 Å². The van der Waals surface area contributed by atoms with E-state index in [1.807, 2.05) is 0 Å². The van der Waals surface area contributed by atoms with E-state index in [1.54, 1.807) is 0 Å². The van der Waals surface area contributed by atoms with Gasteiger partial charge in [-0.05, 0) is 38.0 Å². The molecule has 1 fully saturated rings. The fourth-order valence-corrected chi connectivity index (χ4v) is 5.12. The second kappa shape index (κ2) is 7.33. The molecule has 0 aromatic carbocycles. The molecule has 28 heavy (non-hydrogen) atoms. The highest BCUT2D eigenvalue weighted by atomic mass is 35.5. The smallest absolute Gasteiger partial charge is 0.302 e. The minimum Gasteiger partial charge on any atom is -0.302 e. The standard InChI is InChI=1S/C18H20ClF3N4OS/c1-9-2-5-11-12(8-9)28-17(23-11)24-13(27)6-7-26-15(10-3-4-10)14(19)16(25-26)18(20,21)22/h9-10H,2-8H2,1H3,(H,23,24,27). The fraction of sp³-hybridized carbons (Fsp3) is 0.611. The molecule has 1 N–H and O–H groups in total. The molecule has 1 unspecified atom stereocenters.